The van der Waals surface area contributed by atoms with Crippen LogP contribution in [-0.4, -0.2) is 18.4 Å². The summed E-state index contributed by atoms with van der Waals surface area (Å²) in [6.07, 6.45) is 0. The molecule has 1 heteroatoms. The van der Waals surface area contributed by atoms with E-state index in [0.29, 0.717) is 0 Å². The molecule has 4 aromatic rings. The monoisotopic (exact) mass is 466 g/mol. The van der Waals surface area contributed by atoms with Crippen LogP contribution in [0.15, 0.2) is 115 Å². The molecule has 0 N–H and O–H groups in total. The predicted molar refractivity (Wildman–Crippen MR) is 122 cm³/mol. The molecule has 0 nitrogen and oxygen atoms in total. The normalized spacial score (nSPS) is 10.8. The topological polar surface area (TPSA) is 0 Å². The molecule has 0 bridgehead atoms. The molecule has 0 heterocycles. The molecule has 28 heavy (non-hydrogen) atoms. The van der Waals surface area contributed by atoms with Crippen molar-refractivity contribution in [2.24, 2.45) is 0 Å². The Bertz CT molecular complexity index is 990. The Kier molecular flexibility index (Phi) is 5.65. The molecule has 0 aromatic heterocycles. The van der Waals surface area contributed by atoms with Crippen molar-refractivity contribution in [3.05, 3.63) is 126 Å². The third-order valence-corrected chi connectivity index (χ3v) is 16.8. The predicted octanol–water partition coefficient (Wildman–Crippen LogP) is 4.06. The van der Waals surface area contributed by atoms with Crippen molar-refractivity contribution in [3.8, 4) is 9.86 Å². The van der Waals surface area contributed by atoms with Gasteiger partial charge in [0.05, 0.1) is 0 Å². The van der Waals surface area contributed by atoms with Gasteiger partial charge in [0, 0.05) is 0 Å². The first kappa shape index (κ1) is 18.6. The summed E-state index contributed by atoms with van der Waals surface area (Å²) in [5.74, 6) is 3.55. The van der Waals surface area contributed by atoms with E-state index >= 15 is 0 Å². The average molecular weight is 465 g/mol. The number of hydrogen-bond donors (Lipinski definition) is 0. The summed E-state index contributed by atoms with van der Waals surface area (Å²) in [4.78, 5) is 0. The zero-order valence-corrected chi connectivity index (χ0v) is 18.8. The van der Waals surface area contributed by atoms with Crippen LogP contribution in [0.1, 0.15) is 11.1 Å². The summed E-state index contributed by atoms with van der Waals surface area (Å²) >= 11 is -3.48. The number of hydrogen-bond acceptors (Lipinski definition) is 0. The van der Waals surface area contributed by atoms with Gasteiger partial charge in [-0.15, -0.1) is 0 Å². The molecule has 0 amide bonds. The van der Waals surface area contributed by atoms with Gasteiger partial charge in [-0.3, -0.25) is 0 Å². The summed E-state index contributed by atoms with van der Waals surface area (Å²) in [5.41, 5.74) is 2.34. The third-order valence-electron chi connectivity index (χ3n) is 5.07. The van der Waals surface area contributed by atoms with Gasteiger partial charge in [-0.25, -0.2) is 0 Å². The average Bonchev–Trinajstić information content (AvgIpc) is 2.78. The molecule has 0 spiro atoms. The van der Waals surface area contributed by atoms with Crippen LogP contribution < -0.4 is 10.7 Å². The van der Waals surface area contributed by atoms with Crippen LogP contribution in [0.5, 0.6) is 0 Å². The van der Waals surface area contributed by atoms with Gasteiger partial charge in [-0.1, -0.05) is 0 Å². The Balaban J connectivity index is 2.00. The van der Waals surface area contributed by atoms with Crippen molar-refractivity contribution in [3.63, 3.8) is 0 Å². The van der Waals surface area contributed by atoms with E-state index in [1.54, 1.807) is 0 Å². The zero-order chi connectivity index (χ0) is 19.2. The maximum absolute atomic E-state index is 3.88. The Morgan fingerprint density at radius 1 is 0.500 bits per heavy atom. The van der Waals surface area contributed by atoms with Crippen molar-refractivity contribution >= 4 is 29.1 Å². The van der Waals surface area contributed by atoms with Gasteiger partial charge in [-0.05, 0) is 0 Å². The first-order valence-corrected chi connectivity index (χ1v) is 15.3. The summed E-state index contributed by atoms with van der Waals surface area (Å²) in [6.45, 7) is 2.11. The van der Waals surface area contributed by atoms with Crippen molar-refractivity contribution < 1.29 is 0 Å². The first-order chi connectivity index (χ1) is 13.8. The molecular weight excluding hydrogens is 443 g/mol. The second-order valence-corrected chi connectivity index (χ2v) is 16.9. The summed E-state index contributed by atoms with van der Waals surface area (Å²) in [5, 5.41) is 0. The summed E-state index contributed by atoms with van der Waals surface area (Å²) in [6, 6.07) is 41.2. The first-order valence-electron chi connectivity index (χ1n) is 9.55. The van der Waals surface area contributed by atoms with Gasteiger partial charge in [-0.2, -0.15) is 0 Å². The fourth-order valence-electron chi connectivity index (χ4n) is 3.58. The molecule has 0 unspecified atom stereocenters. The van der Waals surface area contributed by atoms with Gasteiger partial charge in [0.2, 0.25) is 0 Å². The second kappa shape index (κ2) is 8.50. The van der Waals surface area contributed by atoms with E-state index in [4.69, 9.17) is 0 Å². The SMILES string of the molecule is Cc1ccc(C#[C][Sn]([c]2ccccc2)([c]2ccccc2)[c]2ccccc2)cc1. The zero-order valence-electron chi connectivity index (χ0n) is 16.0. The van der Waals surface area contributed by atoms with Gasteiger partial charge < -0.3 is 0 Å². The van der Waals surface area contributed by atoms with Gasteiger partial charge in [0.25, 0.3) is 0 Å². The van der Waals surface area contributed by atoms with Crippen LogP contribution in [-0.2, 0) is 0 Å². The fourth-order valence-corrected chi connectivity index (χ4v) is 14.5. The van der Waals surface area contributed by atoms with E-state index in [0.717, 1.165) is 5.56 Å². The van der Waals surface area contributed by atoms with Crippen molar-refractivity contribution in [1.82, 2.24) is 0 Å². The molecule has 0 saturated heterocycles. The molecule has 0 fully saturated rings. The molecule has 0 aliphatic rings. The van der Waals surface area contributed by atoms with Crippen molar-refractivity contribution in [2.75, 3.05) is 0 Å². The number of rotatable bonds is 3. The molecule has 0 atom stereocenters. The Morgan fingerprint density at radius 2 is 0.893 bits per heavy atom. The van der Waals surface area contributed by atoms with Crippen LogP contribution >= 0.6 is 0 Å². The van der Waals surface area contributed by atoms with E-state index in [9.17, 15) is 0 Å². The van der Waals surface area contributed by atoms with E-state index < -0.39 is 18.4 Å². The molecule has 0 saturated carbocycles. The molecule has 0 aliphatic carbocycles. The van der Waals surface area contributed by atoms with E-state index in [2.05, 4.69) is 132 Å². The Labute approximate surface area is 171 Å². The van der Waals surface area contributed by atoms with Gasteiger partial charge in [0.15, 0.2) is 0 Å². The van der Waals surface area contributed by atoms with E-state index in [1.165, 1.54) is 16.3 Å². The number of benzene rings is 4. The fraction of sp³-hybridized carbons (Fsp3) is 0.0370. The quantitative estimate of drug-likeness (QED) is 0.317. The number of aryl methyl sites for hydroxylation is 1. The van der Waals surface area contributed by atoms with Crippen LogP contribution in [0, 0.1) is 16.8 Å². The standard InChI is InChI=1S/C9H7.3C6H5.Sn/c1-3-9-6-4-8(2)5-7-9;3*1-2-4-6-5-3-1;/h4-7H,2H3;3*1-5H;. The minimum absolute atomic E-state index is 1.08. The molecule has 0 aliphatic heterocycles. The maximum atomic E-state index is 3.88. The Hall–Kier alpha value is -2.76. The molecule has 0 radical (unpaired) electrons. The van der Waals surface area contributed by atoms with E-state index in [1.807, 2.05) is 0 Å². The van der Waals surface area contributed by atoms with Gasteiger partial charge >= 0.3 is 172 Å². The molecule has 4 aromatic carbocycles. The van der Waals surface area contributed by atoms with Crippen molar-refractivity contribution in [1.29, 1.82) is 0 Å². The van der Waals surface area contributed by atoms with Crippen molar-refractivity contribution in [2.45, 2.75) is 6.92 Å². The third kappa shape index (κ3) is 3.77. The Morgan fingerprint density at radius 3 is 1.29 bits per heavy atom. The van der Waals surface area contributed by atoms with Gasteiger partial charge in [0.1, 0.15) is 0 Å². The van der Waals surface area contributed by atoms with Crippen LogP contribution in [0.2, 0.25) is 0 Å². The van der Waals surface area contributed by atoms with Crippen LogP contribution in [0.25, 0.3) is 0 Å². The molecular formula is C27H22Sn. The second-order valence-electron chi connectivity index (χ2n) is 6.96. The molecule has 134 valence electrons. The minimum atomic E-state index is -3.48. The van der Waals surface area contributed by atoms with E-state index in [-0.39, 0.29) is 0 Å². The van der Waals surface area contributed by atoms with Crippen LogP contribution in [0.3, 0.4) is 0 Å². The summed E-state index contributed by atoms with van der Waals surface area (Å²) in [7, 11) is 0. The molecule has 4 rings (SSSR count). The van der Waals surface area contributed by atoms with Crippen LogP contribution in [0.4, 0.5) is 0 Å². The summed E-state index contributed by atoms with van der Waals surface area (Å²) < 4.78 is 8.03.